The van der Waals surface area contributed by atoms with Crippen molar-refractivity contribution < 1.29 is 0 Å². The molecule has 2 rings (SSSR count). The summed E-state index contributed by atoms with van der Waals surface area (Å²) in [6.07, 6.45) is 1.02. The molecule has 0 saturated carbocycles. The lowest BCUT2D eigenvalue weighted by Crippen LogP contribution is -2.51. The number of aromatic nitrogens is 1. The van der Waals surface area contributed by atoms with Crippen molar-refractivity contribution in [2.75, 3.05) is 32.4 Å². The Morgan fingerprint density at radius 1 is 1.43 bits per heavy atom. The molecule has 0 aliphatic carbocycles. The highest BCUT2D eigenvalue weighted by atomic mass is 32.2. The van der Waals surface area contributed by atoms with Gasteiger partial charge in [0.15, 0.2) is 5.96 Å². The number of nitrogens with zero attached hydrogens (tertiary/aromatic N) is 3. The normalized spacial score (nSPS) is 18.9. The van der Waals surface area contributed by atoms with Crippen LogP contribution < -0.4 is 5.32 Å². The van der Waals surface area contributed by atoms with E-state index in [9.17, 15) is 0 Å². The Morgan fingerprint density at radius 3 is 2.76 bits per heavy atom. The molecule has 1 saturated heterocycles. The molecule has 0 aromatic carbocycles. The maximum atomic E-state index is 4.49. The van der Waals surface area contributed by atoms with E-state index in [-0.39, 0.29) is 0 Å². The molecule has 0 radical (unpaired) electrons. The van der Waals surface area contributed by atoms with Gasteiger partial charge in [0.25, 0.3) is 0 Å². The number of hydrogen-bond acceptors (Lipinski definition) is 4. The molecule has 1 N–H and O–H groups in total. The van der Waals surface area contributed by atoms with E-state index in [0.717, 1.165) is 37.0 Å². The van der Waals surface area contributed by atoms with Gasteiger partial charge >= 0.3 is 0 Å². The zero-order chi connectivity index (χ0) is 15.5. The van der Waals surface area contributed by atoms with E-state index in [1.54, 1.807) is 11.3 Å². The standard InChI is InChI=1S/C15H26N4S2/c1-11-13(21-12(2)18-11)6-7-17-14(16-5)19-8-9-20-15(3,4)10-19/h6-10H2,1-5H3,(H,16,17). The maximum Gasteiger partial charge on any atom is 0.193 e. The Balaban J connectivity index is 1.87. The molecule has 1 aromatic rings. The average molecular weight is 327 g/mol. The Labute approximate surface area is 136 Å². The Kier molecular flexibility index (Phi) is 5.54. The molecule has 0 amide bonds. The van der Waals surface area contributed by atoms with Gasteiger partial charge in [0, 0.05) is 48.5 Å². The maximum absolute atomic E-state index is 4.49. The lowest BCUT2D eigenvalue weighted by atomic mass is 10.2. The molecule has 4 nitrogen and oxygen atoms in total. The van der Waals surface area contributed by atoms with E-state index in [1.807, 2.05) is 18.8 Å². The lowest BCUT2D eigenvalue weighted by molar-refractivity contribution is 0.376. The van der Waals surface area contributed by atoms with Crippen molar-refractivity contribution >= 4 is 29.1 Å². The van der Waals surface area contributed by atoms with Crippen LogP contribution >= 0.6 is 23.1 Å². The van der Waals surface area contributed by atoms with Crippen molar-refractivity contribution in [2.45, 2.75) is 38.9 Å². The van der Waals surface area contributed by atoms with Gasteiger partial charge in [-0.05, 0) is 27.7 Å². The first-order valence-electron chi connectivity index (χ1n) is 7.44. The minimum Gasteiger partial charge on any atom is -0.356 e. The van der Waals surface area contributed by atoms with Gasteiger partial charge in [-0.15, -0.1) is 11.3 Å². The van der Waals surface area contributed by atoms with Crippen molar-refractivity contribution in [3.63, 3.8) is 0 Å². The predicted octanol–water partition coefficient (Wildman–Crippen LogP) is 2.71. The van der Waals surface area contributed by atoms with Gasteiger partial charge in [0.05, 0.1) is 10.7 Å². The van der Waals surface area contributed by atoms with E-state index < -0.39 is 0 Å². The summed E-state index contributed by atoms with van der Waals surface area (Å²) in [6.45, 7) is 11.8. The number of aryl methyl sites for hydroxylation is 2. The zero-order valence-corrected chi connectivity index (χ0v) is 15.3. The van der Waals surface area contributed by atoms with Crippen LogP contribution in [0, 0.1) is 13.8 Å². The highest BCUT2D eigenvalue weighted by Gasteiger charge is 2.28. The van der Waals surface area contributed by atoms with E-state index in [0.29, 0.717) is 4.75 Å². The molecule has 0 unspecified atom stereocenters. The lowest BCUT2D eigenvalue weighted by Gasteiger charge is -2.39. The summed E-state index contributed by atoms with van der Waals surface area (Å²) in [5, 5.41) is 4.66. The van der Waals surface area contributed by atoms with Crippen LogP contribution in [-0.4, -0.2) is 53.0 Å². The fourth-order valence-corrected chi connectivity index (χ4v) is 4.67. The van der Waals surface area contributed by atoms with Crippen LogP contribution in [0.4, 0.5) is 0 Å². The summed E-state index contributed by atoms with van der Waals surface area (Å²) >= 11 is 3.85. The SMILES string of the molecule is CN=C(NCCc1sc(C)nc1C)N1CCSC(C)(C)C1. The largest absolute Gasteiger partial charge is 0.356 e. The number of nitrogens with one attached hydrogen (secondary N) is 1. The average Bonchev–Trinajstić information content (AvgIpc) is 2.72. The molecular weight excluding hydrogens is 300 g/mol. The predicted molar refractivity (Wildman–Crippen MR) is 94.8 cm³/mol. The van der Waals surface area contributed by atoms with Crippen LogP contribution in [0.2, 0.25) is 0 Å². The first-order chi connectivity index (χ1) is 9.91. The third-order valence-corrected chi connectivity index (χ3v) is 6.00. The molecule has 1 aromatic heterocycles. The van der Waals surface area contributed by atoms with E-state index in [4.69, 9.17) is 0 Å². The summed E-state index contributed by atoms with van der Waals surface area (Å²) in [7, 11) is 1.87. The molecule has 0 spiro atoms. The molecule has 1 fully saturated rings. The molecule has 1 aliphatic heterocycles. The highest BCUT2D eigenvalue weighted by Crippen LogP contribution is 2.29. The van der Waals surface area contributed by atoms with Gasteiger partial charge in [-0.25, -0.2) is 4.98 Å². The molecule has 2 heterocycles. The summed E-state index contributed by atoms with van der Waals surface area (Å²) < 4.78 is 0.307. The smallest absolute Gasteiger partial charge is 0.193 e. The number of thiazole rings is 1. The monoisotopic (exact) mass is 326 g/mol. The molecule has 118 valence electrons. The van der Waals surface area contributed by atoms with E-state index >= 15 is 0 Å². The fraction of sp³-hybridized carbons (Fsp3) is 0.733. The summed E-state index contributed by atoms with van der Waals surface area (Å²) in [4.78, 5) is 12.7. The van der Waals surface area contributed by atoms with Crippen LogP contribution in [0.15, 0.2) is 4.99 Å². The summed E-state index contributed by atoms with van der Waals surface area (Å²) in [6, 6.07) is 0. The van der Waals surface area contributed by atoms with E-state index in [1.165, 1.54) is 16.3 Å². The number of rotatable bonds is 3. The Hall–Kier alpha value is -0.750. The third-order valence-electron chi connectivity index (χ3n) is 3.57. The quantitative estimate of drug-likeness (QED) is 0.685. The Morgan fingerprint density at radius 2 is 2.19 bits per heavy atom. The van der Waals surface area contributed by atoms with E-state index in [2.05, 4.69) is 47.9 Å². The number of guanidine groups is 1. The van der Waals surface area contributed by atoms with Gasteiger partial charge in [0.1, 0.15) is 0 Å². The van der Waals surface area contributed by atoms with Crippen molar-refractivity contribution in [3.05, 3.63) is 15.6 Å². The number of aliphatic imine (C=N–C) groups is 1. The Bertz CT molecular complexity index is 508. The molecule has 1 aliphatic rings. The highest BCUT2D eigenvalue weighted by molar-refractivity contribution is 8.00. The minimum absolute atomic E-state index is 0.307. The molecule has 0 atom stereocenters. The number of hydrogen-bond donors (Lipinski definition) is 1. The first kappa shape index (κ1) is 16.6. The van der Waals surface area contributed by atoms with Crippen LogP contribution in [0.5, 0.6) is 0 Å². The minimum atomic E-state index is 0.307. The van der Waals surface area contributed by atoms with Gasteiger partial charge in [0.2, 0.25) is 0 Å². The molecule has 21 heavy (non-hydrogen) atoms. The van der Waals surface area contributed by atoms with Crippen molar-refractivity contribution in [1.29, 1.82) is 0 Å². The van der Waals surface area contributed by atoms with Crippen LogP contribution in [0.3, 0.4) is 0 Å². The van der Waals surface area contributed by atoms with Gasteiger partial charge in [-0.2, -0.15) is 11.8 Å². The van der Waals surface area contributed by atoms with Gasteiger partial charge in [-0.1, -0.05) is 0 Å². The zero-order valence-electron chi connectivity index (χ0n) is 13.7. The molecular formula is C15H26N4S2. The molecule has 0 bridgehead atoms. The first-order valence-corrected chi connectivity index (χ1v) is 9.24. The van der Waals surface area contributed by atoms with Crippen molar-refractivity contribution in [2.24, 2.45) is 4.99 Å². The topological polar surface area (TPSA) is 40.5 Å². The van der Waals surface area contributed by atoms with Crippen molar-refractivity contribution in [3.8, 4) is 0 Å². The van der Waals surface area contributed by atoms with Crippen LogP contribution in [-0.2, 0) is 6.42 Å². The summed E-state index contributed by atoms with van der Waals surface area (Å²) in [5.74, 6) is 2.20. The van der Waals surface area contributed by atoms with Gasteiger partial charge in [-0.3, -0.25) is 4.99 Å². The second-order valence-corrected chi connectivity index (χ2v) is 9.09. The molecule has 6 heteroatoms. The second kappa shape index (κ2) is 7.01. The van der Waals surface area contributed by atoms with Crippen LogP contribution in [0.25, 0.3) is 0 Å². The third kappa shape index (κ3) is 4.61. The fourth-order valence-electron chi connectivity index (χ4n) is 2.62. The summed E-state index contributed by atoms with van der Waals surface area (Å²) in [5.41, 5.74) is 1.17. The van der Waals surface area contributed by atoms with Crippen molar-refractivity contribution in [1.82, 2.24) is 15.2 Å². The number of thioether (sulfide) groups is 1. The second-order valence-electron chi connectivity index (χ2n) is 6.00. The van der Waals surface area contributed by atoms with Gasteiger partial charge < -0.3 is 10.2 Å². The van der Waals surface area contributed by atoms with Crippen LogP contribution in [0.1, 0.15) is 29.4 Å².